The molecule has 0 unspecified atom stereocenters. The first-order valence-corrected chi connectivity index (χ1v) is 7.52. The van der Waals surface area contributed by atoms with Crippen molar-refractivity contribution in [2.75, 3.05) is 0 Å². The summed E-state index contributed by atoms with van der Waals surface area (Å²) in [4.78, 5) is 0. The molecule has 2 aliphatic rings. The predicted molar refractivity (Wildman–Crippen MR) is 69.7 cm³/mol. The summed E-state index contributed by atoms with van der Waals surface area (Å²) in [7, 11) is 0. The van der Waals surface area contributed by atoms with Crippen molar-refractivity contribution in [3.63, 3.8) is 0 Å². The van der Waals surface area contributed by atoms with Crippen molar-refractivity contribution in [1.82, 2.24) is 0 Å². The number of rotatable bonds is 2. The number of hydrogen-bond acceptors (Lipinski definition) is 1. The largest absolute Gasteiger partial charge is 0.505 e. The molecular weight excluding hydrogens is 397 g/mol. The van der Waals surface area contributed by atoms with Crippen molar-refractivity contribution < 1.29 is 35.8 Å². The molecule has 0 bridgehead atoms. The fraction of sp³-hybridized carbons (Fsp3) is 0.571. The second-order valence-electron chi connectivity index (χ2n) is 6.11. The molecular formula is C14H10BrF7O. The minimum absolute atomic E-state index is 0.322. The molecule has 0 radical (unpaired) electrons. The Morgan fingerprint density at radius 2 is 1.26 bits per heavy atom. The molecule has 0 heterocycles. The van der Waals surface area contributed by atoms with Gasteiger partial charge < -0.3 is 5.11 Å². The molecule has 1 nitrogen and oxygen atoms in total. The number of phenolic OH excluding ortho intramolecular Hbond substituents is 1. The van der Waals surface area contributed by atoms with Crippen LogP contribution in [0.15, 0.2) is 10.5 Å². The Morgan fingerprint density at radius 3 is 1.61 bits per heavy atom. The van der Waals surface area contributed by atoms with E-state index in [2.05, 4.69) is 15.9 Å². The normalized spacial score (nSPS) is 22.1. The van der Waals surface area contributed by atoms with Crippen LogP contribution < -0.4 is 0 Å². The van der Waals surface area contributed by atoms with E-state index in [4.69, 9.17) is 0 Å². The molecule has 0 aliphatic heterocycles. The molecule has 128 valence electrons. The van der Waals surface area contributed by atoms with E-state index in [9.17, 15) is 35.8 Å². The van der Waals surface area contributed by atoms with E-state index in [0.29, 0.717) is 6.07 Å². The van der Waals surface area contributed by atoms with Crippen LogP contribution in [-0.4, -0.2) is 17.5 Å². The summed E-state index contributed by atoms with van der Waals surface area (Å²) in [6.45, 7) is 0. The van der Waals surface area contributed by atoms with Gasteiger partial charge in [0.15, 0.2) is 11.6 Å². The highest BCUT2D eigenvalue weighted by Gasteiger charge is 2.68. The number of hydrogen-bond donors (Lipinski definition) is 1. The van der Waals surface area contributed by atoms with Gasteiger partial charge in [0.05, 0.1) is 15.3 Å². The minimum Gasteiger partial charge on any atom is -0.505 e. The molecule has 0 atom stereocenters. The van der Waals surface area contributed by atoms with Gasteiger partial charge in [-0.25, -0.2) is 4.39 Å². The zero-order chi connectivity index (χ0) is 17.4. The number of benzene rings is 1. The Bertz CT molecular complexity index is 615. The quantitative estimate of drug-likeness (QED) is 0.644. The van der Waals surface area contributed by atoms with E-state index in [1.54, 1.807) is 0 Å². The minimum atomic E-state index is -4.77. The summed E-state index contributed by atoms with van der Waals surface area (Å²) >= 11 is 2.65. The predicted octanol–water partition coefficient (Wildman–Crippen LogP) is 5.48. The van der Waals surface area contributed by atoms with Crippen LogP contribution in [0, 0.1) is 5.82 Å². The van der Waals surface area contributed by atoms with Gasteiger partial charge in [0.25, 0.3) is 0 Å². The maximum absolute atomic E-state index is 14.1. The van der Waals surface area contributed by atoms with Crippen LogP contribution in [0.2, 0.25) is 0 Å². The van der Waals surface area contributed by atoms with Crippen molar-refractivity contribution in [3.05, 3.63) is 27.5 Å². The lowest BCUT2D eigenvalue weighted by Crippen LogP contribution is -2.32. The highest BCUT2D eigenvalue weighted by molar-refractivity contribution is 9.10. The molecule has 0 aromatic heterocycles. The molecule has 1 aromatic rings. The molecule has 2 saturated carbocycles. The zero-order valence-corrected chi connectivity index (χ0v) is 13.0. The molecule has 3 rings (SSSR count). The summed E-state index contributed by atoms with van der Waals surface area (Å²) in [5, 5.41) is 9.74. The van der Waals surface area contributed by atoms with Crippen LogP contribution >= 0.6 is 15.9 Å². The van der Waals surface area contributed by atoms with Crippen LogP contribution in [0.4, 0.5) is 30.7 Å². The van der Waals surface area contributed by atoms with Gasteiger partial charge in [-0.2, -0.15) is 26.3 Å². The molecule has 0 spiro atoms. The van der Waals surface area contributed by atoms with Gasteiger partial charge >= 0.3 is 12.4 Å². The summed E-state index contributed by atoms with van der Waals surface area (Å²) in [5.41, 5.74) is -6.20. The van der Waals surface area contributed by atoms with Gasteiger partial charge in [0.1, 0.15) is 0 Å². The van der Waals surface area contributed by atoms with Gasteiger partial charge in [-0.15, -0.1) is 0 Å². The second-order valence-corrected chi connectivity index (χ2v) is 6.90. The SMILES string of the molecule is Oc1c(C2(C(F)(F)F)CC2)cc(C2(C(F)(F)F)CC2)c(Br)c1F. The molecule has 0 amide bonds. The van der Waals surface area contributed by atoms with Crippen LogP contribution in [-0.2, 0) is 10.8 Å². The molecule has 2 fully saturated rings. The van der Waals surface area contributed by atoms with Crippen molar-refractivity contribution in [3.8, 4) is 5.75 Å². The van der Waals surface area contributed by atoms with Crippen LogP contribution in [0.3, 0.4) is 0 Å². The van der Waals surface area contributed by atoms with Crippen LogP contribution in [0.1, 0.15) is 36.8 Å². The Balaban J connectivity index is 2.22. The smallest absolute Gasteiger partial charge is 0.398 e. The topological polar surface area (TPSA) is 20.2 Å². The maximum atomic E-state index is 14.1. The maximum Gasteiger partial charge on any atom is 0.398 e. The van der Waals surface area contributed by atoms with Crippen molar-refractivity contribution in [2.45, 2.75) is 48.9 Å². The van der Waals surface area contributed by atoms with Gasteiger partial charge in [0, 0.05) is 5.56 Å². The van der Waals surface area contributed by atoms with Crippen molar-refractivity contribution >= 4 is 15.9 Å². The summed E-state index contributed by atoms with van der Waals surface area (Å²) < 4.78 is 92.8. The van der Waals surface area contributed by atoms with E-state index >= 15 is 0 Å². The average Bonchev–Trinajstić information content (AvgIpc) is 3.24. The monoisotopic (exact) mass is 406 g/mol. The van der Waals surface area contributed by atoms with Gasteiger partial charge in [-0.3, -0.25) is 0 Å². The molecule has 1 aromatic carbocycles. The average molecular weight is 407 g/mol. The third kappa shape index (κ3) is 2.18. The van der Waals surface area contributed by atoms with Crippen molar-refractivity contribution in [2.24, 2.45) is 0 Å². The van der Waals surface area contributed by atoms with E-state index in [-0.39, 0.29) is 25.7 Å². The fourth-order valence-corrected chi connectivity index (χ4v) is 3.67. The third-order valence-electron chi connectivity index (χ3n) is 4.80. The first-order chi connectivity index (χ1) is 10.4. The summed E-state index contributed by atoms with van der Waals surface area (Å²) in [6, 6.07) is 0.670. The summed E-state index contributed by atoms with van der Waals surface area (Å²) in [6.07, 6.45) is -10.9. The zero-order valence-electron chi connectivity index (χ0n) is 11.4. The number of aromatic hydroxyl groups is 1. The van der Waals surface area contributed by atoms with E-state index in [1.165, 1.54) is 0 Å². The number of alkyl halides is 6. The highest BCUT2D eigenvalue weighted by Crippen LogP contribution is 2.65. The van der Waals surface area contributed by atoms with E-state index in [1.807, 2.05) is 0 Å². The molecule has 0 saturated heterocycles. The fourth-order valence-electron chi connectivity index (χ4n) is 2.99. The van der Waals surface area contributed by atoms with E-state index in [0.717, 1.165) is 0 Å². The standard InChI is InChI=1S/C14H10BrF7O/c15-8-6(11(1-2-11)13(17,18)19)5-7(10(23)9(8)16)12(3-4-12)14(20,21)22/h5,23H,1-4H2. The van der Waals surface area contributed by atoms with Crippen LogP contribution in [0.25, 0.3) is 0 Å². The van der Waals surface area contributed by atoms with Gasteiger partial charge in [-0.1, -0.05) is 0 Å². The lowest BCUT2D eigenvalue weighted by Gasteiger charge is -2.26. The Kier molecular flexibility index (Phi) is 3.33. The molecule has 2 aliphatic carbocycles. The van der Waals surface area contributed by atoms with Gasteiger partial charge in [0.2, 0.25) is 0 Å². The first-order valence-electron chi connectivity index (χ1n) is 6.73. The second kappa shape index (κ2) is 4.55. The third-order valence-corrected chi connectivity index (χ3v) is 5.57. The Hall–Kier alpha value is -0.990. The van der Waals surface area contributed by atoms with Crippen LogP contribution in [0.5, 0.6) is 5.75 Å². The molecule has 9 heteroatoms. The lowest BCUT2D eigenvalue weighted by molar-refractivity contribution is -0.162. The van der Waals surface area contributed by atoms with Crippen molar-refractivity contribution in [1.29, 1.82) is 0 Å². The van der Waals surface area contributed by atoms with Gasteiger partial charge in [-0.05, 0) is 53.2 Å². The highest BCUT2D eigenvalue weighted by atomic mass is 79.9. The Labute approximate surface area is 134 Å². The summed E-state index contributed by atoms with van der Waals surface area (Å²) in [5.74, 6) is -2.73. The number of halogens is 8. The van der Waals surface area contributed by atoms with E-state index < -0.39 is 50.3 Å². The number of phenols is 1. The molecule has 23 heavy (non-hydrogen) atoms. The Morgan fingerprint density at radius 1 is 0.870 bits per heavy atom. The first kappa shape index (κ1) is 16.9. The lowest BCUT2D eigenvalue weighted by atomic mass is 9.87. The molecule has 1 N–H and O–H groups in total.